The molecule has 1 atom stereocenters. The van der Waals surface area contributed by atoms with Crippen molar-refractivity contribution in [3.63, 3.8) is 0 Å². The van der Waals surface area contributed by atoms with Crippen LogP contribution in [0.3, 0.4) is 0 Å². The van der Waals surface area contributed by atoms with Crippen LogP contribution in [0, 0.1) is 0 Å². The molecular weight excluding hydrogens is 264 g/mol. The van der Waals surface area contributed by atoms with E-state index in [-0.39, 0.29) is 11.5 Å². The van der Waals surface area contributed by atoms with Crippen LogP contribution in [0.2, 0.25) is 0 Å². The van der Waals surface area contributed by atoms with E-state index in [0.717, 1.165) is 5.56 Å². The number of aliphatic hydroxyl groups excluding tert-OH is 1. The standard InChI is InChI=1S/C13H16N2O5/c1-8(17)14-6-9-2-4-10(5-3-9)12(18)15-11(7-16)13(19)20/h2-5,11,16H,6-7H2,1H3,(H,14,17)(H,15,18)(H,19,20)/t11-/m0/s1. The highest BCUT2D eigenvalue weighted by Crippen LogP contribution is 2.05. The molecule has 0 fully saturated rings. The fourth-order valence-corrected chi connectivity index (χ4v) is 1.43. The second-order valence-electron chi connectivity index (χ2n) is 4.15. The van der Waals surface area contributed by atoms with Crippen LogP contribution in [0.1, 0.15) is 22.8 Å². The quantitative estimate of drug-likeness (QED) is 0.560. The zero-order valence-corrected chi connectivity index (χ0v) is 10.9. The number of carboxylic acids is 1. The molecule has 7 heteroatoms. The van der Waals surface area contributed by atoms with E-state index < -0.39 is 24.5 Å². The van der Waals surface area contributed by atoms with E-state index in [0.29, 0.717) is 6.54 Å². The molecule has 0 aliphatic rings. The highest BCUT2D eigenvalue weighted by Gasteiger charge is 2.19. The molecule has 0 aliphatic carbocycles. The molecule has 0 spiro atoms. The Labute approximate surface area is 115 Å². The van der Waals surface area contributed by atoms with Crippen molar-refractivity contribution in [3.8, 4) is 0 Å². The molecule has 108 valence electrons. The Hall–Kier alpha value is -2.41. The monoisotopic (exact) mass is 280 g/mol. The van der Waals surface area contributed by atoms with Crippen molar-refractivity contribution < 1.29 is 24.6 Å². The average Bonchev–Trinajstić information content (AvgIpc) is 2.42. The number of hydrogen-bond acceptors (Lipinski definition) is 4. The van der Waals surface area contributed by atoms with Gasteiger partial charge in [-0.15, -0.1) is 0 Å². The smallest absolute Gasteiger partial charge is 0.328 e. The van der Waals surface area contributed by atoms with Gasteiger partial charge in [0.2, 0.25) is 5.91 Å². The van der Waals surface area contributed by atoms with E-state index in [4.69, 9.17) is 10.2 Å². The lowest BCUT2D eigenvalue weighted by Gasteiger charge is -2.11. The molecule has 0 saturated heterocycles. The number of carbonyl (C=O) groups is 3. The Bertz CT molecular complexity index is 498. The van der Waals surface area contributed by atoms with Gasteiger partial charge in [0.05, 0.1) is 6.61 Å². The second kappa shape index (κ2) is 7.25. The average molecular weight is 280 g/mol. The minimum atomic E-state index is -1.33. The molecule has 0 radical (unpaired) electrons. The predicted octanol–water partition coefficient (Wildman–Crippen LogP) is -0.502. The van der Waals surface area contributed by atoms with Gasteiger partial charge in [-0.3, -0.25) is 9.59 Å². The topological polar surface area (TPSA) is 116 Å². The lowest BCUT2D eigenvalue weighted by Crippen LogP contribution is -2.43. The van der Waals surface area contributed by atoms with Gasteiger partial charge in [-0.1, -0.05) is 12.1 Å². The van der Waals surface area contributed by atoms with E-state index in [2.05, 4.69) is 10.6 Å². The molecule has 0 aliphatic heterocycles. The SMILES string of the molecule is CC(=O)NCc1ccc(C(=O)N[C@@H](CO)C(=O)O)cc1. The maximum absolute atomic E-state index is 11.7. The summed E-state index contributed by atoms with van der Waals surface area (Å²) in [6, 6.07) is 5.01. The summed E-state index contributed by atoms with van der Waals surface area (Å²) in [7, 11) is 0. The lowest BCUT2D eigenvalue weighted by molar-refractivity contribution is -0.140. The zero-order chi connectivity index (χ0) is 15.1. The van der Waals surface area contributed by atoms with E-state index >= 15 is 0 Å². The van der Waals surface area contributed by atoms with E-state index in [1.54, 1.807) is 12.1 Å². The number of hydrogen-bond donors (Lipinski definition) is 4. The molecule has 0 aromatic heterocycles. The first-order valence-corrected chi connectivity index (χ1v) is 5.92. The van der Waals surface area contributed by atoms with Crippen molar-refractivity contribution in [1.82, 2.24) is 10.6 Å². The van der Waals surface area contributed by atoms with Crippen LogP contribution < -0.4 is 10.6 Å². The van der Waals surface area contributed by atoms with Crippen LogP contribution in [0.25, 0.3) is 0 Å². The maximum Gasteiger partial charge on any atom is 0.328 e. The van der Waals surface area contributed by atoms with E-state index in [1.165, 1.54) is 19.1 Å². The number of nitrogens with one attached hydrogen (secondary N) is 2. The summed E-state index contributed by atoms with van der Waals surface area (Å²) in [5.74, 6) is -2.04. The Morgan fingerprint density at radius 2 is 1.80 bits per heavy atom. The van der Waals surface area contributed by atoms with Gasteiger partial charge in [0.15, 0.2) is 6.04 Å². The summed E-state index contributed by atoms with van der Waals surface area (Å²) in [5.41, 5.74) is 1.09. The number of amides is 2. The summed E-state index contributed by atoms with van der Waals surface area (Å²) in [6.45, 7) is 1.08. The normalized spacial score (nSPS) is 11.5. The third kappa shape index (κ3) is 4.69. The molecule has 1 rings (SSSR count). The Morgan fingerprint density at radius 1 is 1.20 bits per heavy atom. The molecular formula is C13H16N2O5. The van der Waals surface area contributed by atoms with Crippen molar-refractivity contribution in [3.05, 3.63) is 35.4 Å². The minimum Gasteiger partial charge on any atom is -0.480 e. The van der Waals surface area contributed by atoms with Crippen molar-refractivity contribution in [1.29, 1.82) is 0 Å². The molecule has 0 saturated carbocycles. The minimum absolute atomic E-state index is 0.154. The van der Waals surface area contributed by atoms with Crippen LogP contribution in [0.4, 0.5) is 0 Å². The summed E-state index contributed by atoms with van der Waals surface area (Å²) < 4.78 is 0. The second-order valence-corrected chi connectivity index (χ2v) is 4.15. The number of carbonyl (C=O) groups excluding carboxylic acids is 2. The summed E-state index contributed by atoms with van der Waals surface area (Å²) in [5, 5.41) is 22.4. The molecule has 0 heterocycles. The first kappa shape index (κ1) is 15.6. The third-order valence-electron chi connectivity index (χ3n) is 2.54. The molecule has 1 aromatic carbocycles. The Balaban J connectivity index is 2.65. The van der Waals surface area contributed by atoms with Crippen LogP contribution >= 0.6 is 0 Å². The van der Waals surface area contributed by atoms with Crippen molar-refractivity contribution >= 4 is 17.8 Å². The van der Waals surface area contributed by atoms with Gasteiger partial charge in [-0.2, -0.15) is 0 Å². The molecule has 2 amide bonds. The Kier molecular flexibility index (Phi) is 5.67. The first-order valence-electron chi connectivity index (χ1n) is 5.92. The fraction of sp³-hybridized carbons (Fsp3) is 0.308. The predicted molar refractivity (Wildman–Crippen MR) is 69.9 cm³/mol. The number of benzene rings is 1. The Morgan fingerprint density at radius 3 is 2.25 bits per heavy atom. The van der Waals surface area contributed by atoms with Gasteiger partial charge in [-0.25, -0.2) is 4.79 Å². The highest BCUT2D eigenvalue weighted by atomic mass is 16.4. The maximum atomic E-state index is 11.7. The van der Waals surface area contributed by atoms with Crippen molar-refractivity contribution in [2.24, 2.45) is 0 Å². The van der Waals surface area contributed by atoms with Crippen LogP contribution in [0.5, 0.6) is 0 Å². The molecule has 0 unspecified atom stereocenters. The van der Waals surface area contributed by atoms with E-state index in [9.17, 15) is 14.4 Å². The van der Waals surface area contributed by atoms with Gasteiger partial charge in [-0.05, 0) is 17.7 Å². The van der Waals surface area contributed by atoms with Crippen LogP contribution in [-0.4, -0.2) is 40.6 Å². The lowest BCUT2D eigenvalue weighted by atomic mass is 10.1. The molecule has 0 bridgehead atoms. The third-order valence-corrected chi connectivity index (χ3v) is 2.54. The number of rotatable bonds is 6. The molecule has 7 nitrogen and oxygen atoms in total. The van der Waals surface area contributed by atoms with Gasteiger partial charge in [0.1, 0.15) is 0 Å². The first-order chi connectivity index (χ1) is 9.43. The van der Waals surface area contributed by atoms with Crippen LogP contribution in [0.15, 0.2) is 24.3 Å². The summed E-state index contributed by atoms with van der Waals surface area (Å²) in [4.78, 5) is 33.2. The fourth-order valence-electron chi connectivity index (χ4n) is 1.43. The van der Waals surface area contributed by atoms with Crippen LogP contribution in [-0.2, 0) is 16.1 Å². The summed E-state index contributed by atoms with van der Waals surface area (Å²) in [6.07, 6.45) is 0. The van der Waals surface area contributed by atoms with Crippen molar-refractivity contribution in [2.75, 3.05) is 6.61 Å². The van der Waals surface area contributed by atoms with Gasteiger partial charge in [0.25, 0.3) is 5.91 Å². The number of carboxylic acid groups (broad SMARTS) is 1. The van der Waals surface area contributed by atoms with Gasteiger partial charge < -0.3 is 20.8 Å². The largest absolute Gasteiger partial charge is 0.480 e. The number of aliphatic hydroxyl groups is 1. The zero-order valence-electron chi connectivity index (χ0n) is 10.9. The van der Waals surface area contributed by atoms with Crippen molar-refractivity contribution in [2.45, 2.75) is 19.5 Å². The molecule has 20 heavy (non-hydrogen) atoms. The molecule has 4 N–H and O–H groups in total. The number of aliphatic carboxylic acids is 1. The highest BCUT2D eigenvalue weighted by molar-refractivity contribution is 5.96. The van der Waals surface area contributed by atoms with E-state index in [1.807, 2.05) is 0 Å². The molecule has 1 aromatic rings. The van der Waals surface area contributed by atoms with Gasteiger partial charge in [0, 0.05) is 19.0 Å². The summed E-state index contributed by atoms with van der Waals surface area (Å²) >= 11 is 0. The van der Waals surface area contributed by atoms with Gasteiger partial charge >= 0.3 is 5.97 Å².